The van der Waals surface area contributed by atoms with E-state index in [9.17, 15) is 0 Å². The first-order chi connectivity index (χ1) is 8.15. The SMILES string of the molecule is Cc1nc(C(C)C)c2ncn(CC3CC3)c2n1. The van der Waals surface area contributed by atoms with E-state index < -0.39 is 0 Å². The highest BCUT2D eigenvalue weighted by molar-refractivity contribution is 5.74. The number of aryl methyl sites for hydroxylation is 1. The molecule has 2 aromatic rings. The lowest BCUT2D eigenvalue weighted by Gasteiger charge is -2.07. The van der Waals surface area contributed by atoms with Crippen molar-refractivity contribution in [2.75, 3.05) is 0 Å². The Hall–Kier alpha value is -1.45. The van der Waals surface area contributed by atoms with Gasteiger partial charge in [-0.25, -0.2) is 15.0 Å². The van der Waals surface area contributed by atoms with E-state index in [1.807, 2.05) is 13.3 Å². The average molecular weight is 230 g/mol. The molecule has 3 rings (SSSR count). The number of aromatic nitrogens is 4. The van der Waals surface area contributed by atoms with E-state index in [0.29, 0.717) is 5.92 Å². The molecule has 1 fully saturated rings. The molecule has 0 spiro atoms. The summed E-state index contributed by atoms with van der Waals surface area (Å²) in [6.45, 7) is 7.33. The van der Waals surface area contributed by atoms with E-state index in [-0.39, 0.29) is 0 Å². The summed E-state index contributed by atoms with van der Waals surface area (Å²) in [5, 5.41) is 0. The van der Waals surface area contributed by atoms with Gasteiger partial charge in [-0.2, -0.15) is 0 Å². The number of nitrogens with zero attached hydrogens (tertiary/aromatic N) is 4. The molecule has 90 valence electrons. The second-order valence-corrected chi connectivity index (χ2v) is 5.32. The van der Waals surface area contributed by atoms with Crippen molar-refractivity contribution < 1.29 is 0 Å². The van der Waals surface area contributed by atoms with Crippen LogP contribution in [-0.4, -0.2) is 19.5 Å². The van der Waals surface area contributed by atoms with Gasteiger partial charge in [0.15, 0.2) is 5.65 Å². The number of hydrogen-bond donors (Lipinski definition) is 0. The monoisotopic (exact) mass is 230 g/mol. The fourth-order valence-corrected chi connectivity index (χ4v) is 2.19. The van der Waals surface area contributed by atoms with E-state index in [1.54, 1.807) is 0 Å². The Labute approximate surface area is 101 Å². The first-order valence-electron chi connectivity index (χ1n) is 6.34. The number of imidazole rings is 1. The Morgan fingerprint density at radius 2 is 2.12 bits per heavy atom. The van der Waals surface area contributed by atoms with Gasteiger partial charge in [0, 0.05) is 6.54 Å². The van der Waals surface area contributed by atoms with Crippen LogP contribution in [-0.2, 0) is 6.54 Å². The summed E-state index contributed by atoms with van der Waals surface area (Å²) in [4.78, 5) is 13.6. The van der Waals surface area contributed by atoms with Crippen LogP contribution < -0.4 is 0 Å². The van der Waals surface area contributed by atoms with Gasteiger partial charge < -0.3 is 4.57 Å². The molecule has 1 aliphatic carbocycles. The fourth-order valence-electron chi connectivity index (χ4n) is 2.19. The fraction of sp³-hybridized carbons (Fsp3) is 0.615. The topological polar surface area (TPSA) is 43.6 Å². The van der Waals surface area contributed by atoms with Crippen molar-refractivity contribution in [3.05, 3.63) is 17.8 Å². The largest absolute Gasteiger partial charge is 0.315 e. The minimum Gasteiger partial charge on any atom is -0.315 e. The number of hydrogen-bond acceptors (Lipinski definition) is 3. The Kier molecular flexibility index (Phi) is 2.38. The van der Waals surface area contributed by atoms with Crippen LogP contribution in [0.15, 0.2) is 6.33 Å². The molecular weight excluding hydrogens is 212 g/mol. The van der Waals surface area contributed by atoms with Crippen molar-refractivity contribution in [1.29, 1.82) is 0 Å². The summed E-state index contributed by atoms with van der Waals surface area (Å²) in [5.74, 6) is 2.08. The van der Waals surface area contributed by atoms with E-state index >= 15 is 0 Å². The highest BCUT2D eigenvalue weighted by atomic mass is 15.1. The van der Waals surface area contributed by atoms with Gasteiger partial charge in [-0.05, 0) is 31.6 Å². The summed E-state index contributed by atoms with van der Waals surface area (Å²) < 4.78 is 2.19. The molecule has 1 saturated carbocycles. The smallest absolute Gasteiger partial charge is 0.163 e. The summed E-state index contributed by atoms with van der Waals surface area (Å²) in [6, 6.07) is 0. The van der Waals surface area contributed by atoms with Crippen molar-refractivity contribution in [1.82, 2.24) is 19.5 Å². The standard InChI is InChI=1S/C13H18N4/c1-8(2)11-12-13(16-9(3)15-11)17(7-14-12)6-10-4-5-10/h7-8,10H,4-6H2,1-3H3. The second-order valence-electron chi connectivity index (χ2n) is 5.32. The van der Waals surface area contributed by atoms with Gasteiger partial charge in [0.2, 0.25) is 0 Å². The molecule has 2 aromatic heterocycles. The second kappa shape index (κ2) is 3.79. The minimum atomic E-state index is 0.392. The summed E-state index contributed by atoms with van der Waals surface area (Å²) in [6.07, 6.45) is 4.62. The molecule has 0 aromatic carbocycles. The van der Waals surface area contributed by atoms with Crippen LogP contribution >= 0.6 is 0 Å². The van der Waals surface area contributed by atoms with E-state index in [1.165, 1.54) is 12.8 Å². The molecule has 4 nitrogen and oxygen atoms in total. The Balaban J connectivity index is 2.13. The predicted molar refractivity (Wildman–Crippen MR) is 66.9 cm³/mol. The van der Waals surface area contributed by atoms with E-state index in [2.05, 4.69) is 33.4 Å². The summed E-state index contributed by atoms with van der Waals surface area (Å²) in [5.41, 5.74) is 3.06. The van der Waals surface area contributed by atoms with Gasteiger partial charge in [-0.15, -0.1) is 0 Å². The maximum absolute atomic E-state index is 4.55. The van der Waals surface area contributed by atoms with Crippen LogP contribution in [0.1, 0.15) is 44.1 Å². The van der Waals surface area contributed by atoms with Crippen LogP contribution in [0.3, 0.4) is 0 Å². The lowest BCUT2D eigenvalue weighted by atomic mass is 10.1. The predicted octanol–water partition coefficient (Wildman–Crippen LogP) is 2.67. The number of rotatable bonds is 3. The molecule has 17 heavy (non-hydrogen) atoms. The normalized spacial score (nSPS) is 16.0. The molecule has 4 heteroatoms. The van der Waals surface area contributed by atoms with Crippen LogP contribution in [0.2, 0.25) is 0 Å². The van der Waals surface area contributed by atoms with Crippen molar-refractivity contribution in [2.45, 2.75) is 46.1 Å². The molecule has 2 heterocycles. The van der Waals surface area contributed by atoms with Gasteiger partial charge in [0.05, 0.1) is 12.0 Å². The van der Waals surface area contributed by atoms with Crippen LogP contribution in [0.4, 0.5) is 0 Å². The summed E-state index contributed by atoms with van der Waals surface area (Å²) >= 11 is 0. The zero-order valence-electron chi connectivity index (χ0n) is 10.6. The van der Waals surface area contributed by atoms with Crippen molar-refractivity contribution in [3.63, 3.8) is 0 Å². The van der Waals surface area contributed by atoms with Crippen molar-refractivity contribution >= 4 is 11.2 Å². The van der Waals surface area contributed by atoms with Gasteiger partial charge in [-0.3, -0.25) is 0 Å². The average Bonchev–Trinajstić information content (AvgIpc) is 3.00. The third-order valence-electron chi connectivity index (χ3n) is 3.30. The molecular formula is C13H18N4. The minimum absolute atomic E-state index is 0.392. The zero-order chi connectivity index (χ0) is 12.0. The molecule has 0 unspecified atom stereocenters. The molecule has 0 radical (unpaired) electrons. The molecule has 0 amide bonds. The van der Waals surface area contributed by atoms with Gasteiger partial charge in [0.1, 0.15) is 11.3 Å². The van der Waals surface area contributed by atoms with Gasteiger partial charge in [-0.1, -0.05) is 13.8 Å². The maximum Gasteiger partial charge on any atom is 0.163 e. The lowest BCUT2D eigenvalue weighted by molar-refractivity contribution is 0.637. The molecule has 0 N–H and O–H groups in total. The Morgan fingerprint density at radius 1 is 1.35 bits per heavy atom. The first-order valence-corrected chi connectivity index (χ1v) is 6.34. The van der Waals surface area contributed by atoms with Crippen LogP contribution in [0.25, 0.3) is 11.2 Å². The van der Waals surface area contributed by atoms with E-state index in [0.717, 1.165) is 35.1 Å². The van der Waals surface area contributed by atoms with Crippen LogP contribution in [0, 0.1) is 12.8 Å². The van der Waals surface area contributed by atoms with Crippen molar-refractivity contribution in [2.24, 2.45) is 5.92 Å². The molecule has 0 aliphatic heterocycles. The van der Waals surface area contributed by atoms with Gasteiger partial charge in [0.25, 0.3) is 0 Å². The summed E-state index contributed by atoms with van der Waals surface area (Å²) in [7, 11) is 0. The van der Waals surface area contributed by atoms with Gasteiger partial charge >= 0.3 is 0 Å². The lowest BCUT2D eigenvalue weighted by Crippen LogP contribution is -2.03. The highest BCUT2D eigenvalue weighted by Gasteiger charge is 2.23. The van der Waals surface area contributed by atoms with Crippen molar-refractivity contribution in [3.8, 4) is 0 Å². The third-order valence-corrected chi connectivity index (χ3v) is 3.30. The third kappa shape index (κ3) is 1.92. The maximum atomic E-state index is 4.55. The molecule has 0 atom stereocenters. The zero-order valence-corrected chi connectivity index (χ0v) is 10.6. The Morgan fingerprint density at radius 3 is 2.76 bits per heavy atom. The van der Waals surface area contributed by atoms with E-state index in [4.69, 9.17) is 0 Å². The quantitative estimate of drug-likeness (QED) is 0.814. The highest BCUT2D eigenvalue weighted by Crippen LogP contribution is 2.32. The van der Waals surface area contributed by atoms with Crippen LogP contribution in [0.5, 0.6) is 0 Å². The first kappa shape index (κ1) is 10.7. The molecule has 0 saturated heterocycles. The number of fused-ring (bicyclic) bond motifs is 1. The molecule has 1 aliphatic rings. The molecule has 0 bridgehead atoms. The Bertz CT molecular complexity index is 552.